The van der Waals surface area contributed by atoms with Crippen molar-refractivity contribution in [2.24, 2.45) is 0 Å². The molecule has 0 aliphatic carbocycles. The van der Waals surface area contributed by atoms with Gasteiger partial charge in [-0.15, -0.1) is 0 Å². The number of halogens is 1. The monoisotopic (exact) mass is 222 g/mol. The minimum Gasteiger partial charge on any atom is -0.475 e. The fraction of sp³-hybridized carbons (Fsp3) is 0. The average molecular weight is 223 g/mol. The van der Waals surface area contributed by atoms with Crippen LogP contribution in [0.4, 0.5) is 0 Å². The minimum absolute atomic E-state index is 0.0787. The molecule has 15 heavy (non-hydrogen) atoms. The van der Waals surface area contributed by atoms with Crippen molar-refractivity contribution in [1.29, 1.82) is 0 Å². The maximum atomic E-state index is 10.6. The maximum Gasteiger partial charge on any atom is 0.371 e. The van der Waals surface area contributed by atoms with Gasteiger partial charge in [-0.05, 0) is 23.8 Å². The molecule has 2 aromatic rings. The van der Waals surface area contributed by atoms with E-state index in [0.29, 0.717) is 10.6 Å². The topological polar surface area (TPSA) is 50.4 Å². The quantitative estimate of drug-likeness (QED) is 0.848. The molecule has 76 valence electrons. The summed E-state index contributed by atoms with van der Waals surface area (Å²) in [5.41, 5.74) is 1.54. The molecule has 0 fully saturated rings. The molecule has 0 amide bonds. The lowest BCUT2D eigenvalue weighted by Crippen LogP contribution is -1.91. The van der Waals surface area contributed by atoms with Crippen LogP contribution in [0.25, 0.3) is 11.1 Å². The number of rotatable bonds is 2. The lowest BCUT2D eigenvalue weighted by molar-refractivity contribution is 0.0662. The fourth-order valence-electron chi connectivity index (χ4n) is 1.27. The van der Waals surface area contributed by atoms with Gasteiger partial charge in [0, 0.05) is 10.6 Å². The van der Waals surface area contributed by atoms with Crippen LogP contribution in [0.3, 0.4) is 0 Å². The molecule has 0 saturated heterocycles. The summed E-state index contributed by atoms with van der Waals surface area (Å²) in [6.07, 6.45) is 1.40. The summed E-state index contributed by atoms with van der Waals surface area (Å²) in [7, 11) is 0. The highest BCUT2D eigenvalue weighted by atomic mass is 35.5. The van der Waals surface area contributed by atoms with Crippen LogP contribution in [-0.2, 0) is 0 Å². The molecule has 3 nitrogen and oxygen atoms in total. The van der Waals surface area contributed by atoms with E-state index >= 15 is 0 Å². The van der Waals surface area contributed by atoms with E-state index in [1.165, 1.54) is 12.3 Å². The first kappa shape index (κ1) is 9.80. The van der Waals surface area contributed by atoms with Gasteiger partial charge in [0.1, 0.15) is 0 Å². The molecule has 1 N–H and O–H groups in total. The highest BCUT2D eigenvalue weighted by Gasteiger charge is 2.09. The molecule has 0 radical (unpaired) electrons. The molecule has 0 aliphatic rings. The Morgan fingerprint density at radius 1 is 1.27 bits per heavy atom. The lowest BCUT2D eigenvalue weighted by Gasteiger charge is -1.95. The van der Waals surface area contributed by atoms with Gasteiger partial charge in [-0.25, -0.2) is 4.79 Å². The van der Waals surface area contributed by atoms with E-state index in [4.69, 9.17) is 21.1 Å². The van der Waals surface area contributed by atoms with Crippen LogP contribution in [0.1, 0.15) is 10.6 Å². The van der Waals surface area contributed by atoms with Crippen LogP contribution in [0.5, 0.6) is 0 Å². The lowest BCUT2D eigenvalue weighted by atomic mass is 10.1. The average Bonchev–Trinajstić information content (AvgIpc) is 2.66. The van der Waals surface area contributed by atoms with Crippen LogP contribution >= 0.6 is 11.6 Å². The number of carboxylic acid groups (broad SMARTS) is 1. The van der Waals surface area contributed by atoms with Crippen LogP contribution in [0.15, 0.2) is 41.0 Å². The van der Waals surface area contributed by atoms with Gasteiger partial charge in [-0.2, -0.15) is 0 Å². The number of aromatic carboxylic acids is 1. The molecule has 0 spiro atoms. The number of carboxylic acids is 1. The molecule has 1 aromatic heterocycles. The first-order valence-electron chi connectivity index (χ1n) is 4.24. The van der Waals surface area contributed by atoms with Crippen molar-refractivity contribution in [3.05, 3.63) is 47.4 Å². The fourth-order valence-corrected chi connectivity index (χ4v) is 1.46. The third-order valence-corrected chi connectivity index (χ3v) is 2.20. The van der Waals surface area contributed by atoms with Gasteiger partial charge >= 0.3 is 5.97 Å². The Morgan fingerprint density at radius 3 is 2.67 bits per heavy atom. The standard InChI is InChI=1S/C11H7ClO3/c12-9-3-1-2-7(4-9)8-5-10(11(13)14)15-6-8/h1-6H,(H,13,14). The van der Waals surface area contributed by atoms with Crippen LogP contribution in [-0.4, -0.2) is 11.1 Å². The predicted octanol–water partition coefficient (Wildman–Crippen LogP) is 3.30. The van der Waals surface area contributed by atoms with Gasteiger partial charge in [0.05, 0.1) is 6.26 Å². The normalized spacial score (nSPS) is 10.2. The highest BCUT2D eigenvalue weighted by molar-refractivity contribution is 6.30. The first-order valence-corrected chi connectivity index (χ1v) is 4.62. The molecular weight excluding hydrogens is 216 g/mol. The summed E-state index contributed by atoms with van der Waals surface area (Å²) >= 11 is 5.82. The molecular formula is C11H7ClO3. The molecule has 0 aliphatic heterocycles. The number of carbonyl (C=O) groups is 1. The van der Waals surface area contributed by atoms with Gasteiger partial charge in [0.15, 0.2) is 0 Å². The Kier molecular flexibility index (Phi) is 2.47. The van der Waals surface area contributed by atoms with Gasteiger partial charge in [0.2, 0.25) is 5.76 Å². The summed E-state index contributed by atoms with van der Waals surface area (Å²) in [5.74, 6) is -1.16. The smallest absolute Gasteiger partial charge is 0.371 e. The molecule has 1 aromatic carbocycles. The Morgan fingerprint density at radius 2 is 2.07 bits per heavy atom. The summed E-state index contributed by atoms with van der Waals surface area (Å²) in [6, 6.07) is 8.60. The SMILES string of the molecule is O=C(O)c1cc(-c2cccc(Cl)c2)co1. The number of benzene rings is 1. The second kappa shape index (κ2) is 3.79. The molecule has 2 rings (SSSR count). The van der Waals surface area contributed by atoms with Gasteiger partial charge in [-0.1, -0.05) is 23.7 Å². The molecule has 1 heterocycles. The Hall–Kier alpha value is -1.74. The van der Waals surface area contributed by atoms with Crippen molar-refractivity contribution in [3.8, 4) is 11.1 Å². The zero-order valence-corrected chi connectivity index (χ0v) is 8.36. The third kappa shape index (κ3) is 2.02. The van der Waals surface area contributed by atoms with E-state index in [-0.39, 0.29) is 5.76 Å². The Balaban J connectivity index is 2.41. The summed E-state index contributed by atoms with van der Waals surface area (Å²) in [6.45, 7) is 0. The van der Waals surface area contributed by atoms with E-state index < -0.39 is 5.97 Å². The Labute approximate surface area is 90.9 Å². The van der Waals surface area contributed by atoms with Crippen molar-refractivity contribution in [1.82, 2.24) is 0 Å². The molecule has 0 unspecified atom stereocenters. The highest BCUT2D eigenvalue weighted by Crippen LogP contribution is 2.24. The largest absolute Gasteiger partial charge is 0.475 e. The van der Waals surface area contributed by atoms with Crippen LogP contribution < -0.4 is 0 Å². The van der Waals surface area contributed by atoms with Crippen LogP contribution in [0.2, 0.25) is 5.02 Å². The van der Waals surface area contributed by atoms with Crippen molar-refractivity contribution >= 4 is 17.6 Å². The zero-order chi connectivity index (χ0) is 10.8. The second-order valence-corrected chi connectivity index (χ2v) is 3.45. The van der Waals surface area contributed by atoms with Crippen molar-refractivity contribution in [2.45, 2.75) is 0 Å². The van der Waals surface area contributed by atoms with E-state index in [9.17, 15) is 4.79 Å². The number of furan rings is 1. The van der Waals surface area contributed by atoms with E-state index in [1.54, 1.807) is 18.2 Å². The third-order valence-electron chi connectivity index (χ3n) is 1.97. The van der Waals surface area contributed by atoms with Gasteiger partial charge in [0.25, 0.3) is 0 Å². The Bertz CT molecular complexity index is 502. The van der Waals surface area contributed by atoms with E-state index in [1.807, 2.05) is 6.07 Å². The molecule has 0 bridgehead atoms. The summed E-state index contributed by atoms with van der Waals surface area (Å²) < 4.78 is 4.88. The summed E-state index contributed by atoms with van der Waals surface area (Å²) in [5, 5.41) is 9.28. The van der Waals surface area contributed by atoms with Crippen molar-refractivity contribution in [3.63, 3.8) is 0 Å². The minimum atomic E-state index is -1.08. The number of hydrogen-bond donors (Lipinski definition) is 1. The molecule has 0 saturated carbocycles. The van der Waals surface area contributed by atoms with Crippen LogP contribution in [0, 0.1) is 0 Å². The number of hydrogen-bond acceptors (Lipinski definition) is 2. The summed E-state index contributed by atoms with van der Waals surface area (Å²) in [4.78, 5) is 10.6. The first-order chi connectivity index (χ1) is 7.16. The predicted molar refractivity (Wildman–Crippen MR) is 56.1 cm³/mol. The van der Waals surface area contributed by atoms with Gasteiger partial charge in [-0.3, -0.25) is 0 Å². The zero-order valence-electron chi connectivity index (χ0n) is 7.61. The second-order valence-electron chi connectivity index (χ2n) is 3.02. The van der Waals surface area contributed by atoms with Gasteiger partial charge < -0.3 is 9.52 Å². The van der Waals surface area contributed by atoms with E-state index in [2.05, 4.69) is 0 Å². The van der Waals surface area contributed by atoms with Crippen molar-refractivity contribution in [2.75, 3.05) is 0 Å². The maximum absolute atomic E-state index is 10.6. The van der Waals surface area contributed by atoms with E-state index in [0.717, 1.165) is 5.56 Å². The van der Waals surface area contributed by atoms with Crippen molar-refractivity contribution < 1.29 is 14.3 Å². The molecule has 4 heteroatoms. The molecule has 0 atom stereocenters.